The number of rotatable bonds is 6. The number of amides is 1. The minimum atomic E-state index is -1.01. The van der Waals surface area contributed by atoms with Crippen LogP contribution in [0.3, 0.4) is 0 Å². The first-order valence-electron chi connectivity index (χ1n) is 3.07. The number of ether oxygens (including phenoxy) is 1. The lowest BCUT2D eigenvalue weighted by Crippen LogP contribution is -2.23. The van der Waals surface area contributed by atoms with Crippen LogP contribution in [0.15, 0.2) is 0 Å². The predicted molar refractivity (Wildman–Crippen MR) is 43.5 cm³/mol. The normalized spacial score (nSPS) is 9.55. The standard InChI is InChI=1S/C5H12N2O3S/c1-10-3-2-7-11-4-6-5(8)9/h6-7H,2-4H2,1H3,(H,8,9). The van der Waals surface area contributed by atoms with Crippen LogP contribution < -0.4 is 10.0 Å². The molecule has 1 amide bonds. The lowest BCUT2D eigenvalue weighted by atomic mass is 10.7. The van der Waals surface area contributed by atoms with Gasteiger partial charge in [0, 0.05) is 13.7 Å². The zero-order chi connectivity index (χ0) is 8.53. The summed E-state index contributed by atoms with van der Waals surface area (Å²) in [6.07, 6.45) is -1.01. The van der Waals surface area contributed by atoms with E-state index < -0.39 is 6.09 Å². The van der Waals surface area contributed by atoms with Crippen molar-refractivity contribution in [3.63, 3.8) is 0 Å². The highest BCUT2D eigenvalue weighted by atomic mass is 32.2. The number of methoxy groups -OCH3 is 1. The summed E-state index contributed by atoms with van der Waals surface area (Å²) in [6.45, 7) is 1.34. The fraction of sp³-hybridized carbons (Fsp3) is 0.800. The quantitative estimate of drug-likeness (QED) is 0.307. The molecule has 0 spiro atoms. The van der Waals surface area contributed by atoms with Gasteiger partial charge in [-0.05, 0) is 0 Å². The fourth-order valence-electron chi connectivity index (χ4n) is 0.365. The molecule has 0 saturated carbocycles. The van der Waals surface area contributed by atoms with Crippen molar-refractivity contribution in [3.05, 3.63) is 0 Å². The first kappa shape index (κ1) is 10.5. The van der Waals surface area contributed by atoms with Gasteiger partial charge in [-0.1, -0.05) is 11.9 Å². The molecule has 0 rings (SSSR count). The first-order chi connectivity index (χ1) is 5.27. The van der Waals surface area contributed by atoms with Crippen LogP contribution >= 0.6 is 11.9 Å². The number of hydrogen-bond donors (Lipinski definition) is 3. The summed E-state index contributed by atoms with van der Waals surface area (Å²) in [5, 5.41) is 10.3. The highest BCUT2D eigenvalue weighted by molar-refractivity contribution is 7.97. The van der Waals surface area contributed by atoms with E-state index in [9.17, 15) is 4.79 Å². The van der Waals surface area contributed by atoms with Gasteiger partial charge in [-0.3, -0.25) is 4.72 Å². The maximum atomic E-state index is 9.91. The van der Waals surface area contributed by atoms with E-state index in [1.54, 1.807) is 7.11 Å². The maximum absolute atomic E-state index is 9.91. The second-order valence-electron chi connectivity index (χ2n) is 1.66. The molecule has 0 unspecified atom stereocenters. The molecule has 0 fully saturated rings. The van der Waals surface area contributed by atoms with E-state index in [-0.39, 0.29) is 0 Å². The molecular weight excluding hydrogens is 168 g/mol. The van der Waals surface area contributed by atoms with E-state index in [4.69, 9.17) is 9.84 Å². The predicted octanol–water partition coefficient (Wildman–Crippen LogP) is 0.0957. The van der Waals surface area contributed by atoms with Crippen molar-refractivity contribution in [2.24, 2.45) is 0 Å². The molecule has 0 aliphatic carbocycles. The first-order valence-corrected chi connectivity index (χ1v) is 4.06. The van der Waals surface area contributed by atoms with E-state index in [1.807, 2.05) is 0 Å². The highest BCUT2D eigenvalue weighted by Crippen LogP contribution is 1.86. The molecule has 0 bridgehead atoms. The van der Waals surface area contributed by atoms with Crippen molar-refractivity contribution in [3.8, 4) is 0 Å². The van der Waals surface area contributed by atoms with Crippen LogP contribution in [0.4, 0.5) is 4.79 Å². The molecule has 6 heteroatoms. The number of carbonyl (C=O) groups is 1. The Hall–Kier alpha value is -0.460. The summed E-state index contributed by atoms with van der Waals surface area (Å²) in [5.41, 5.74) is 0. The Morgan fingerprint density at radius 2 is 2.45 bits per heavy atom. The van der Waals surface area contributed by atoms with Crippen molar-refractivity contribution in [2.75, 3.05) is 26.1 Å². The van der Waals surface area contributed by atoms with Crippen LogP contribution in [-0.2, 0) is 4.74 Å². The molecule has 0 heterocycles. The molecule has 3 N–H and O–H groups in total. The van der Waals surface area contributed by atoms with Gasteiger partial charge in [0.25, 0.3) is 0 Å². The second-order valence-corrected chi connectivity index (χ2v) is 2.52. The van der Waals surface area contributed by atoms with Crippen LogP contribution in [0.2, 0.25) is 0 Å². The van der Waals surface area contributed by atoms with Gasteiger partial charge in [-0.2, -0.15) is 0 Å². The number of nitrogens with one attached hydrogen (secondary N) is 2. The summed E-state index contributed by atoms with van der Waals surface area (Å²) < 4.78 is 7.66. The van der Waals surface area contributed by atoms with Gasteiger partial charge in [-0.25, -0.2) is 4.79 Å². The zero-order valence-corrected chi connectivity index (χ0v) is 7.11. The topological polar surface area (TPSA) is 70.6 Å². The van der Waals surface area contributed by atoms with Crippen molar-refractivity contribution < 1.29 is 14.6 Å². The Balaban J connectivity index is 2.85. The lowest BCUT2D eigenvalue weighted by Gasteiger charge is -2.02. The van der Waals surface area contributed by atoms with Gasteiger partial charge < -0.3 is 15.2 Å². The second kappa shape index (κ2) is 7.64. The molecule has 0 aromatic rings. The summed E-state index contributed by atoms with van der Waals surface area (Å²) in [4.78, 5) is 9.91. The Labute approximate surface area is 69.6 Å². The molecule has 0 radical (unpaired) electrons. The maximum Gasteiger partial charge on any atom is 0.405 e. The van der Waals surface area contributed by atoms with E-state index in [0.29, 0.717) is 19.0 Å². The summed E-state index contributed by atoms with van der Waals surface area (Å²) in [5.74, 6) is 0.346. The fourth-order valence-corrected chi connectivity index (χ4v) is 0.890. The van der Waals surface area contributed by atoms with Crippen LogP contribution in [-0.4, -0.2) is 37.3 Å². The lowest BCUT2D eigenvalue weighted by molar-refractivity contribution is 0.196. The van der Waals surface area contributed by atoms with Gasteiger partial charge in [-0.15, -0.1) is 0 Å². The van der Waals surface area contributed by atoms with Gasteiger partial charge in [0.1, 0.15) is 0 Å². The van der Waals surface area contributed by atoms with Gasteiger partial charge >= 0.3 is 6.09 Å². The SMILES string of the molecule is COCCNSCNC(=O)O. The molecule has 11 heavy (non-hydrogen) atoms. The molecule has 0 aliphatic heterocycles. The monoisotopic (exact) mass is 180 g/mol. The largest absolute Gasteiger partial charge is 0.465 e. The highest BCUT2D eigenvalue weighted by Gasteiger charge is 1.91. The summed E-state index contributed by atoms with van der Waals surface area (Å²) in [7, 11) is 1.61. The minimum absolute atomic E-state index is 0.346. The summed E-state index contributed by atoms with van der Waals surface area (Å²) in [6, 6.07) is 0. The van der Waals surface area contributed by atoms with Crippen molar-refractivity contribution in [1.82, 2.24) is 10.0 Å². The Bertz CT molecular complexity index is 112. The zero-order valence-electron chi connectivity index (χ0n) is 6.29. The van der Waals surface area contributed by atoms with Crippen LogP contribution in [0.1, 0.15) is 0 Å². The van der Waals surface area contributed by atoms with Crippen LogP contribution in [0.5, 0.6) is 0 Å². The van der Waals surface area contributed by atoms with Crippen LogP contribution in [0, 0.1) is 0 Å². The van der Waals surface area contributed by atoms with E-state index in [1.165, 1.54) is 11.9 Å². The van der Waals surface area contributed by atoms with Gasteiger partial charge in [0.2, 0.25) is 0 Å². The molecule has 66 valence electrons. The van der Waals surface area contributed by atoms with Crippen molar-refractivity contribution in [2.45, 2.75) is 0 Å². The smallest absolute Gasteiger partial charge is 0.405 e. The van der Waals surface area contributed by atoms with Crippen molar-refractivity contribution in [1.29, 1.82) is 0 Å². The Morgan fingerprint density at radius 1 is 1.73 bits per heavy atom. The molecule has 0 aliphatic rings. The molecule has 5 nitrogen and oxygen atoms in total. The van der Waals surface area contributed by atoms with Crippen LogP contribution in [0.25, 0.3) is 0 Å². The molecular formula is C5H12N2O3S. The Morgan fingerprint density at radius 3 is 3.00 bits per heavy atom. The third-order valence-corrected chi connectivity index (χ3v) is 1.50. The third kappa shape index (κ3) is 9.54. The molecule has 0 saturated heterocycles. The molecule has 0 aromatic heterocycles. The summed E-state index contributed by atoms with van der Waals surface area (Å²) >= 11 is 1.30. The number of carboxylic acid groups (broad SMARTS) is 1. The number of hydrogen-bond acceptors (Lipinski definition) is 4. The van der Waals surface area contributed by atoms with E-state index in [2.05, 4.69) is 10.0 Å². The van der Waals surface area contributed by atoms with Gasteiger partial charge in [0.05, 0.1) is 12.5 Å². The van der Waals surface area contributed by atoms with Gasteiger partial charge in [0.15, 0.2) is 0 Å². The average molecular weight is 180 g/mol. The van der Waals surface area contributed by atoms with E-state index >= 15 is 0 Å². The van der Waals surface area contributed by atoms with E-state index in [0.717, 1.165) is 0 Å². The molecule has 0 aromatic carbocycles. The minimum Gasteiger partial charge on any atom is -0.465 e. The third-order valence-electron chi connectivity index (χ3n) is 0.806. The average Bonchev–Trinajstić information content (AvgIpc) is 1.96. The van der Waals surface area contributed by atoms with Crippen molar-refractivity contribution >= 4 is 18.0 Å². The Kier molecular flexibility index (Phi) is 7.33. The molecule has 0 atom stereocenters.